The monoisotopic (exact) mass is 318 g/mol. The Balaban J connectivity index is 1.84. The first-order chi connectivity index (χ1) is 11.7. The van der Waals surface area contributed by atoms with E-state index >= 15 is 0 Å². The standard InChI is InChI=1S/C21H22N2O/c1-4-21-12-13-22(2)20(21)23(15-16-8-6-5-7-9-16)19-11-10-17(24-3)14-18(19)21/h1,5-11,14,20H,12-13,15H2,2-3H3/t20?,21-/m1/s1. The Hall–Kier alpha value is -2.44. The summed E-state index contributed by atoms with van der Waals surface area (Å²) >= 11 is 0. The summed E-state index contributed by atoms with van der Waals surface area (Å²) in [4.78, 5) is 4.84. The van der Waals surface area contributed by atoms with Crippen molar-refractivity contribution in [1.82, 2.24) is 4.90 Å². The molecule has 0 spiro atoms. The van der Waals surface area contributed by atoms with E-state index in [1.807, 2.05) is 6.07 Å². The minimum Gasteiger partial charge on any atom is -0.497 e. The number of benzene rings is 2. The van der Waals surface area contributed by atoms with Crippen molar-refractivity contribution in [2.45, 2.75) is 24.5 Å². The fourth-order valence-corrected chi connectivity index (χ4v) is 4.32. The van der Waals surface area contributed by atoms with Gasteiger partial charge < -0.3 is 9.64 Å². The fraction of sp³-hybridized carbons (Fsp3) is 0.333. The smallest absolute Gasteiger partial charge is 0.119 e. The summed E-state index contributed by atoms with van der Waals surface area (Å²) in [6, 6.07) is 16.9. The molecule has 1 fully saturated rings. The Kier molecular flexibility index (Phi) is 3.51. The average Bonchev–Trinajstić information content (AvgIpc) is 3.10. The highest BCUT2D eigenvalue weighted by Crippen LogP contribution is 2.52. The van der Waals surface area contributed by atoms with Crippen LogP contribution < -0.4 is 9.64 Å². The van der Waals surface area contributed by atoms with Crippen LogP contribution in [-0.4, -0.2) is 31.8 Å². The fourth-order valence-electron chi connectivity index (χ4n) is 4.32. The number of anilines is 1. The zero-order valence-electron chi connectivity index (χ0n) is 14.2. The quantitative estimate of drug-likeness (QED) is 0.808. The zero-order chi connectivity index (χ0) is 16.7. The van der Waals surface area contributed by atoms with Crippen molar-refractivity contribution < 1.29 is 4.74 Å². The lowest BCUT2D eigenvalue weighted by molar-refractivity contribution is 0.276. The predicted molar refractivity (Wildman–Crippen MR) is 97.2 cm³/mol. The highest BCUT2D eigenvalue weighted by atomic mass is 16.5. The first-order valence-electron chi connectivity index (χ1n) is 8.37. The molecule has 3 nitrogen and oxygen atoms in total. The molecule has 0 N–H and O–H groups in total. The number of hydrogen-bond donors (Lipinski definition) is 0. The lowest BCUT2D eigenvalue weighted by atomic mass is 9.80. The number of likely N-dealkylation sites (N-methyl/N-ethyl adjacent to an activating group) is 1. The van der Waals surface area contributed by atoms with Gasteiger partial charge in [0.15, 0.2) is 0 Å². The molecule has 0 bridgehead atoms. The van der Waals surface area contributed by atoms with E-state index in [9.17, 15) is 0 Å². The van der Waals surface area contributed by atoms with Gasteiger partial charge in [-0.1, -0.05) is 36.3 Å². The van der Waals surface area contributed by atoms with Crippen LogP contribution in [0.1, 0.15) is 17.5 Å². The Morgan fingerprint density at radius 3 is 2.75 bits per heavy atom. The van der Waals surface area contributed by atoms with E-state index in [2.05, 4.69) is 65.2 Å². The third-order valence-corrected chi connectivity index (χ3v) is 5.46. The van der Waals surface area contributed by atoms with Crippen LogP contribution in [0.25, 0.3) is 0 Å². The number of rotatable bonds is 3. The molecule has 2 aromatic rings. The molecule has 122 valence electrons. The van der Waals surface area contributed by atoms with Crippen LogP contribution in [0, 0.1) is 12.3 Å². The Bertz CT molecular complexity index is 795. The molecule has 2 aliphatic heterocycles. The van der Waals surface area contributed by atoms with Crippen molar-refractivity contribution in [2.24, 2.45) is 0 Å². The van der Waals surface area contributed by atoms with Crippen LogP contribution >= 0.6 is 0 Å². The Morgan fingerprint density at radius 1 is 1.25 bits per heavy atom. The third-order valence-electron chi connectivity index (χ3n) is 5.46. The summed E-state index contributed by atoms with van der Waals surface area (Å²) in [7, 11) is 3.88. The predicted octanol–water partition coefficient (Wildman–Crippen LogP) is 3.25. The largest absolute Gasteiger partial charge is 0.497 e. The highest BCUT2D eigenvalue weighted by Gasteiger charge is 2.55. The zero-order valence-corrected chi connectivity index (χ0v) is 14.2. The summed E-state index contributed by atoms with van der Waals surface area (Å²) in [5.41, 5.74) is 3.50. The maximum absolute atomic E-state index is 6.09. The number of methoxy groups -OCH3 is 1. The van der Waals surface area contributed by atoms with E-state index in [1.165, 1.54) is 16.8 Å². The summed E-state index contributed by atoms with van der Waals surface area (Å²) < 4.78 is 5.46. The van der Waals surface area contributed by atoms with Gasteiger partial charge in [0.25, 0.3) is 0 Å². The summed E-state index contributed by atoms with van der Waals surface area (Å²) in [5, 5.41) is 0. The van der Waals surface area contributed by atoms with Crippen LogP contribution in [0.2, 0.25) is 0 Å². The molecular weight excluding hydrogens is 296 g/mol. The van der Waals surface area contributed by atoms with E-state index in [1.54, 1.807) is 7.11 Å². The van der Waals surface area contributed by atoms with Gasteiger partial charge >= 0.3 is 0 Å². The van der Waals surface area contributed by atoms with Gasteiger partial charge in [0.1, 0.15) is 11.9 Å². The number of ether oxygens (including phenoxy) is 1. The van der Waals surface area contributed by atoms with Gasteiger partial charge in [-0.05, 0) is 37.2 Å². The van der Waals surface area contributed by atoms with E-state index in [-0.39, 0.29) is 11.6 Å². The molecule has 2 aromatic carbocycles. The molecule has 3 heteroatoms. The van der Waals surface area contributed by atoms with Crippen molar-refractivity contribution in [2.75, 3.05) is 25.6 Å². The van der Waals surface area contributed by atoms with Gasteiger partial charge in [-0.3, -0.25) is 4.90 Å². The Morgan fingerprint density at radius 2 is 2.04 bits per heavy atom. The number of hydrogen-bond acceptors (Lipinski definition) is 3. The minimum atomic E-state index is -0.257. The molecule has 4 rings (SSSR count). The highest BCUT2D eigenvalue weighted by molar-refractivity contribution is 5.69. The second-order valence-electron chi connectivity index (χ2n) is 6.72. The van der Waals surface area contributed by atoms with Gasteiger partial charge in [-0.15, -0.1) is 6.42 Å². The molecular formula is C21H22N2O. The second-order valence-corrected chi connectivity index (χ2v) is 6.72. The lowest BCUT2D eigenvalue weighted by Gasteiger charge is -2.34. The minimum absolute atomic E-state index is 0.199. The number of terminal acetylenes is 1. The second kappa shape index (κ2) is 5.58. The van der Waals surface area contributed by atoms with Crippen molar-refractivity contribution in [3.8, 4) is 18.1 Å². The Labute approximate surface area is 143 Å². The molecule has 0 radical (unpaired) electrons. The van der Waals surface area contributed by atoms with Crippen molar-refractivity contribution in [1.29, 1.82) is 0 Å². The lowest BCUT2D eigenvalue weighted by Crippen LogP contribution is -2.47. The molecule has 24 heavy (non-hydrogen) atoms. The topological polar surface area (TPSA) is 15.7 Å². The average molecular weight is 318 g/mol. The van der Waals surface area contributed by atoms with Crippen molar-refractivity contribution in [3.05, 3.63) is 59.7 Å². The van der Waals surface area contributed by atoms with E-state index < -0.39 is 0 Å². The summed E-state index contributed by atoms with van der Waals surface area (Å²) in [6.07, 6.45) is 7.27. The van der Waals surface area contributed by atoms with Crippen LogP contribution in [0.3, 0.4) is 0 Å². The number of nitrogens with zero attached hydrogens (tertiary/aromatic N) is 2. The normalized spacial score (nSPS) is 25.2. The number of likely N-dealkylation sites (tertiary alicyclic amines) is 1. The van der Waals surface area contributed by atoms with E-state index in [0.29, 0.717) is 0 Å². The molecule has 2 aliphatic rings. The molecule has 1 unspecified atom stereocenters. The molecule has 2 heterocycles. The van der Waals surface area contributed by atoms with Crippen LogP contribution in [0.4, 0.5) is 5.69 Å². The summed E-state index contributed by atoms with van der Waals surface area (Å²) in [6.45, 7) is 1.87. The first-order valence-corrected chi connectivity index (χ1v) is 8.37. The van der Waals surface area contributed by atoms with Crippen molar-refractivity contribution in [3.63, 3.8) is 0 Å². The van der Waals surface area contributed by atoms with Gasteiger partial charge in [0.05, 0.1) is 12.5 Å². The third kappa shape index (κ3) is 2.03. The van der Waals surface area contributed by atoms with Crippen molar-refractivity contribution >= 4 is 5.69 Å². The SMILES string of the molecule is C#C[C@]12CCN(C)C1N(Cc1ccccc1)c1ccc(OC)cc12. The van der Waals surface area contributed by atoms with Crippen LogP contribution in [0.5, 0.6) is 5.75 Å². The molecule has 1 saturated heterocycles. The molecule has 2 atom stereocenters. The molecule has 0 aliphatic carbocycles. The molecule has 0 saturated carbocycles. The van der Waals surface area contributed by atoms with E-state index in [4.69, 9.17) is 11.2 Å². The first kappa shape index (κ1) is 15.1. The van der Waals surface area contributed by atoms with Crippen LogP contribution in [-0.2, 0) is 12.0 Å². The summed E-state index contributed by atoms with van der Waals surface area (Å²) in [5.74, 6) is 4.03. The van der Waals surface area contributed by atoms with E-state index in [0.717, 1.165) is 25.3 Å². The molecule has 0 amide bonds. The maximum atomic E-state index is 6.09. The van der Waals surface area contributed by atoms with Gasteiger partial charge in [0.2, 0.25) is 0 Å². The number of fused-ring (bicyclic) bond motifs is 3. The van der Waals surface area contributed by atoms with Gasteiger partial charge in [0, 0.05) is 24.3 Å². The van der Waals surface area contributed by atoms with Crippen LogP contribution in [0.15, 0.2) is 48.5 Å². The van der Waals surface area contributed by atoms with Gasteiger partial charge in [-0.2, -0.15) is 0 Å². The van der Waals surface area contributed by atoms with Gasteiger partial charge in [-0.25, -0.2) is 0 Å². The maximum Gasteiger partial charge on any atom is 0.119 e. The molecule has 0 aromatic heterocycles.